The molecule has 0 aliphatic carbocycles. The average molecular weight is 238 g/mol. The molecule has 0 aliphatic heterocycles. The van der Waals surface area contributed by atoms with Crippen molar-refractivity contribution in [3.63, 3.8) is 0 Å². The number of nitrogens with one attached hydrogen (secondary N) is 1. The quantitative estimate of drug-likeness (QED) is 0.693. The minimum Gasteiger partial charge on any atom is -0.395 e. The number of aliphatic hydroxyl groups excluding tert-OH is 1. The highest BCUT2D eigenvalue weighted by atomic mass is 32.2. The lowest BCUT2D eigenvalue weighted by Gasteiger charge is -2.26. The van der Waals surface area contributed by atoms with Gasteiger partial charge in [0, 0.05) is 19.1 Å². The third kappa shape index (κ3) is 4.46. The molecule has 0 aromatic heterocycles. The second-order valence-corrected chi connectivity index (χ2v) is 6.03. The van der Waals surface area contributed by atoms with Crippen molar-refractivity contribution in [1.82, 2.24) is 9.03 Å². The Bertz CT molecular complexity index is 275. The summed E-state index contributed by atoms with van der Waals surface area (Å²) in [6, 6.07) is -0.537. The fourth-order valence-electron chi connectivity index (χ4n) is 0.936. The van der Waals surface area contributed by atoms with Crippen LogP contribution in [-0.4, -0.2) is 43.6 Å². The zero-order chi connectivity index (χ0) is 12.2. The summed E-state index contributed by atoms with van der Waals surface area (Å²) in [5.41, 5.74) is 0. The summed E-state index contributed by atoms with van der Waals surface area (Å²) in [4.78, 5) is 0. The summed E-state index contributed by atoms with van der Waals surface area (Å²) >= 11 is 0. The molecule has 0 saturated carbocycles. The molecule has 0 amide bonds. The van der Waals surface area contributed by atoms with E-state index in [0.29, 0.717) is 0 Å². The van der Waals surface area contributed by atoms with Crippen LogP contribution in [0.3, 0.4) is 0 Å². The van der Waals surface area contributed by atoms with E-state index in [-0.39, 0.29) is 18.6 Å². The molecule has 1 atom stereocenters. The van der Waals surface area contributed by atoms with Crippen molar-refractivity contribution in [2.45, 2.75) is 39.8 Å². The van der Waals surface area contributed by atoms with Crippen LogP contribution in [0, 0.1) is 5.92 Å². The molecule has 0 radical (unpaired) electrons. The Labute approximate surface area is 92.7 Å². The number of aliphatic hydroxyl groups is 1. The molecule has 5 nitrogen and oxygen atoms in total. The lowest BCUT2D eigenvalue weighted by atomic mass is 10.1. The van der Waals surface area contributed by atoms with Crippen LogP contribution < -0.4 is 4.72 Å². The predicted octanol–water partition coefficient (Wildman–Crippen LogP) is 0.178. The van der Waals surface area contributed by atoms with Crippen molar-refractivity contribution in [3.8, 4) is 0 Å². The maximum absolute atomic E-state index is 11.7. The first-order chi connectivity index (χ1) is 6.72. The summed E-state index contributed by atoms with van der Waals surface area (Å²) < 4.78 is 27.2. The summed E-state index contributed by atoms with van der Waals surface area (Å²) in [6.07, 6.45) is 0. The minimum atomic E-state index is -3.49. The van der Waals surface area contributed by atoms with E-state index in [4.69, 9.17) is 5.11 Å². The van der Waals surface area contributed by atoms with Crippen molar-refractivity contribution in [1.29, 1.82) is 0 Å². The Hall–Kier alpha value is -0.170. The van der Waals surface area contributed by atoms with Gasteiger partial charge in [-0.25, -0.2) is 0 Å². The number of nitrogens with zero attached hydrogens (tertiary/aromatic N) is 1. The van der Waals surface area contributed by atoms with Crippen molar-refractivity contribution in [2.75, 3.05) is 13.7 Å². The van der Waals surface area contributed by atoms with Gasteiger partial charge < -0.3 is 5.11 Å². The molecule has 0 aromatic carbocycles. The molecule has 0 heterocycles. The largest absolute Gasteiger partial charge is 0.395 e. The van der Waals surface area contributed by atoms with Gasteiger partial charge in [-0.3, -0.25) is 0 Å². The summed E-state index contributed by atoms with van der Waals surface area (Å²) in [5, 5.41) is 9.03. The molecule has 0 spiro atoms. The molecule has 15 heavy (non-hydrogen) atoms. The lowest BCUT2D eigenvalue weighted by Crippen LogP contribution is -2.49. The highest BCUT2D eigenvalue weighted by molar-refractivity contribution is 7.87. The van der Waals surface area contributed by atoms with Crippen LogP contribution in [0.2, 0.25) is 0 Å². The smallest absolute Gasteiger partial charge is 0.279 e. The fraction of sp³-hybridized carbons (Fsp3) is 1.00. The van der Waals surface area contributed by atoms with Gasteiger partial charge in [0.1, 0.15) is 0 Å². The van der Waals surface area contributed by atoms with Crippen molar-refractivity contribution < 1.29 is 13.5 Å². The highest BCUT2D eigenvalue weighted by Gasteiger charge is 2.25. The lowest BCUT2D eigenvalue weighted by molar-refractivity contribution is 0.224. The first-order valence-electron chi connectivity index (χ1n) is 5.08. The average Bonchev–Trinajstić information content (AvgIpc) is 2.12. The third-order valence-corrected chi connectivity index (χ3v) is 4.19. The summed E-state index contributed by atoms with van der Waals surface area (Å²) in [5.74, 6) is 0.0605. The van der Waals surface area contributed by atoms with E-state index in [1.165, 1.54) is 11.4 Å². The summed E-state index contributed by atoms with van der Waals surface area (Å²) in [7, 11) is -1.98. The Morgan fingerprint density at radius 1 is 1.27 bits per heavy atom. The molecule has 6 heteroatoms. The predicted molar refractivity (Wildman–Crippen MR) is 60.7 cm³/mol. The Kier molecular flexibility index (Phi) is 5.72. The van der Waals surface area contributed by atoms with Crippen molar-refractivity contribution >= 4 is 10.2 Å². The minimum absolute atomic E-state index is 0.0605. The van der Waals surface area contributed by atoms with Gasteiger partial charge >= 0.3 is 0 Å². The van der Waals surface area contributed by atoms with Crippen LogP contribution in [0.25, 0.3) is 0 Å². The Balaban J connectivity index is 4.63. The van der Waals surface area contributed by atoms with Gasteiger partial charge in [0.15, 0.2) is 0 Å². The van der Waals surface area contributed by atoms with Crippen molar-refractivity contribution in [2.24, 2.45) is 5.92 Å². The fourth-order valence-corrected chi connectivity index (χ4v) is 2.39. The zero-order valence-electron chi connectivity index (χ0n) is 10.1. The second-order valence-electron chi connectivity index (χ2n) is 4.27. The van der Waals surface area contributed by atoms with Crippen LogP contribution in [0.15, 0.2) is 0 Å². The first-order valence-corrected chi connectivity index (χ1v) is 6.52. The van der Waals surface area contributed by atoms with E-state index in [1.54, 1.807) is 13.8 Å². The normalized spacial score (nSPS) is 15.3. The number of hydrogen-bond donors (Lipinski definition) is 2. The number of rotatable bonds is 6. The second kappa shape index (κ2) is 5.79. The van der Waals surface area contributed by atoms with Crippen LogP contribution in [0.5, 0.6) is 0 Å². The molecule has 0 aromatic rings. The van der Waals surface area contributed by atoms with E-state index in [0.717, 1.165) is 0 Å². The third-order valence-electron chi connectivity index (χ3n) is 2.41. The first kappa shape index (κ1) is 14.8. The van der Waals surface area contributed by atoms with Crippen molar-refractivity contribution in [3.05, 3.63) is 0 Å². The van der Waals surface area contributed by atoms with Gasteiger partial charge in [0.05, 0.1) is 6.61 Å². The molecule has 92 valence electrons. The van der Waals surface area contributed by atoms with E-state index in [1.807, 2.05) is 13.8 Å². The Morgan fingerprint density at radius 2 is 1.73 bits per heavy atom. The topological polar surface area (TPSA) is 69.6 Å². The monoisotopic (exact) mass is 238 g/mol. The molecule has 2 N–H and O–H groups in total. The maximum atomic E-state index is 11.7. The van der Waals surface area contributed by atoms with Gasteiger partial charge in [-0.1, -0.05) is 13.8 Å². The molecule has 0 unspecified atom stereocenters. The van der Waals surface area contributed by atoms with Gasteiger partial charge in [0.2, 0.25) is 0 Å². The SMILES string of the molecule is CC(C)[C@@H](CO)NS(=O)(=O)N(C)C(C)C. The van der Waals surface area contributed by atoms with E-state index in [2.05, 4.69) is 4.72 Å². The van der Waals surface area contributed by atoms with Crippen LogP contribution >= 0.6 is 0 Å². The van der Waals surface area contributed by atoms with E-state index >= 15 is 0 Å². The zero-order valence-corrected chi connectivity index (χ0v) is 10.9. The molecule has 0 rings (SSSR count). The van der Waals surface area contributed by atoms with Gasteiger partial charge in [-0.15, -0.1) is 0 Å². The summed E-state index contributed by atoms with van der Waals surface area (Å²) in [6.45, 7) is 7.12. The molecular formula is C9H22N2O3S. The molecular weight excluding hydrogens is 216 g/mol. The van der Waals surface area contributed by atoms with Gasteiger partial charge in [0.25, 0.3) is 10.2 Å². The number of hydrogen-bond acceptors (Lipinski definition) is 3. The standard InChI is InChI=1S/C9H22N2O3S/c1-7(2)9(6-12)10-15(13,14)11(5)8(3)4/h7-10,12H,6H2,1-5H3/t9-/m1/s1. The maximum Gasteiger partial charge on any atom is 0.279 e. The highest BCUT2D eigenvalue weighted by Crippen LogP contribution is 2.06. The van der Waals surface area contributed by atoms with E-state index < -0.39 is 16.3 Å². The molecule has 0 aliphatic rings. The van der Waals surface area contributed by atoms with Crippen LogP contribution in [0.1, 0.15) is 27.7 Å². The molecule has 0 saturated heterocycles. The molecule has 0 fully saturated rings. The van der Waals surface area contributed by atoms with Crippen LogP contribution in [0.4, 0.5) is 0 Å². The molecule has 0 bridgehead atoms. The Morgan fingerprint density at radius 3 is 2.00 bits per heavy atom. The van der Waals surface area contributed by atoms with E-state index in [9.17, 15) is 8.42 Å². The van der Waals surface area contributed by atoms with Gasteiger partial charge in [-0.05, 0) is 19.8 Å². The van der Waals surface area contributed by atoms with Crippen LogP contribution in [-0.2, 0) is 10.2 Å². The van der Waals surface area contributed by atoms with Gasteiger partial charge in [-0.2, -0.15) is 17.4 Å².